The summed E-state index contributed by atoms with van der Waals surface area (Å²) >= 11 is 0. The fourth-order valence-electron chi connectivity index (χ4n) is 3.80. The summed E-state index contributed by atoms with van der Waals surface area (Å²) in [6.45, 7) is 1.22. The molecule has 1 aromatic heterocycles. The Kier molecular flexibility index (Phi) is 4.85. The molecule has 2 aliphatic rings. The number of benzene rings is 2. The number of ether oxygens (including phenoxy) is 4. The molecule has 160 valence electrons. The van der Waals surface area contributed by atoms with Crippen LogP contribution in [0.4, 0.5) is 0 Å². The Morgan fingerprint density at radius 1 is 1.06 bits per heavy atom. The highest BCUT2D eigenvalue weighted by atomic mass is 16.7. The van der Waals surface area contributed by atoms with Crippen molar-refractivity contribution >= 4 is 5.91 Å². The number of methoxy groups -OCH3 is 2. The average molecular weight is 423 g/mol. The third-order valence-corrected chi connectivity index (χ3v) is 5.43. The van der Waals surface area contributed by atoms with Crippen LogP contribution in [0.2, 0.25) is 0 Å². The number of nitrogens with zero attached hydrogens (tertiary/aromatic N) is 3. The van der Waals surface area contributed by atoms with Gasteiger partial charge in [0.05, 0.1) is 20.1 Å². The normalized spacial score (nSPS) is 17.3. The van der Waals surface area contributed by atoms with Gasteiger partial charge in [-0.2, -0.15) is 4.98 Å². The average Bonchev–Trinajstić information content (AvgIpc) is 3.53. The molecule has 3 aromatic rings. The zero-order valence-electron chi connectivity index (χ0n) is 17.2. The van der Waals surface area contributed by atoms with Gasteiger partial charge < -0.3 is 28.4 Å². The lowest BCUT2D eigenvalue weighted by atomic mass is 10.1. The van der Waals surface area contributed by atoms with Crippen LogP contribution in [0, 0.1) is 0 Å². The maximum Gasteiger partial charge on any atom is 0.232 e. The maximum absolute atomic E-state index is 12.6. The topological polar surface area (TPSA) is 96.2 Å². The van der Waals surface area contributed by atoms with E-state index in [4.69, 9.17) is 23.5 Å². The van der Waals surface area contributed by atoms with Crippen molar-refractivity contribution in [3.63, 3.8) is 0 Å². The van der Waals surface area contributed by atoms with Crippen molar-refractivity contribution in [3.8, 4) is 34.4 Å². The minimum Gasteiger partial charge on any atom is -0.497 e. The highest BCUT2D eigenvalue weighted by Gasteiger charge is 2.34. The molecule has 5 rings (SSSR count). The number of amides is 1. The van der Waals surface area contributed by atoms with Crippen molar-refractivity contribution in [3.05, 3.63) is 47.9 Å². The molecule has 3 heterocycles. The summed E-state index contributed by atoms with van der Waals surface area (Å²) in [5.41, 5.74) is 1.70. The molecule has 2 aliphatic heterocycles. The van der Waals surface area contributed by atoms with Crippen LogP contribution in [0.5, 0.6) is 23.0 Å². The van der Waals surface area contributed by atoms with Gasteiger partial charge in [-0.3, -0.25) is 4.79 Å². The van der Waals surface area contributed by atoms with E-state index in [0.29, 0.717) is 54.0 Å². The summed E-state index contributed by atoms with van der Waals surface area (Å²) in [6, 6.07) is 11.1. The van der Waals surface area contributed by atoms with Crippen LogP contribution in [0.1, 0.15) is 23.8 Å². The highest BCUT2D eigenvalue weighted by Crippen LogP contribution is 2.35. The van der Waals surface area contributed by atoms with Gasteiger partial charge >= 0.3 is 0 Å². The molecule has 1 amide bonds. The second kappa shape index (κ2) is 7.82. The molecule has 0 aliphatic carbocycles. The van der Waals surface area contributed by atoms with Crippen LogP contribution in [0.25, 0.3) is 11.4 Å². The van der Waals surface area contributed by atoms with Crippen LogP contribution < -0.4 is 18.9 Å². The number of likely N-dealkylation sites (tertiary alicyclic amines) is 1. The Hall–Kier alpha value is -3.75. The predicted octanol–water partition coefficient (Wildman–Crippen LogP) is 3.00. The Balaban J connectivity index is 1.31. The van der Waals surface area contributed by atoms with Gasteiger partial charge in [0.15, 0.2) is 11.5 Å². The first-order valence-corrected chi connectivity index (χ1v) is 9.86. The third kappa shape index (κ3) is 3.74. The van der Waals surface area contributed by atoms with Gasteiger partial charge in [-0.05, 0) is 29.8 Å². The number of carbonyl (C=O) groups excluding carboxylic acids is 1. The Bertz CT molecular complexity index is 1110. The minimum absolute atomic E-state index is 0.0467. The Labute approximate surface area is 178 Å². The molecule has 9 nitrogen and oxygen atoms in total. The molecule has 1 fully saturated rings. The van der Waals surface area contributed by atoms with Gasteiger partial charge in [-0.15, -0.1) is 0 Å². The highest BCUT2D eigenvalue weighted by molar-refractivity contribution is 5.79. The third-order valence-electron chi connectivity index (χ3n) is 5.43. The lowest BCUT2D eigenvalue weighted by molar-refractivity contribution is -0.128. The largest absolute Gasteiger partial charge is 0.497 e. The van der Waals surface area contributed by atoms with E-state index in [1.807, 2.05) is 30.3 Å². The number of fused-ring (bicyclic) bond motifs is 1. The van der Waals surface area contributed by atoms with E-state index in [9.17, 15) is 4.79 Å². The second-order valence-electron chi connectivity index (χ2n) is 7.42. The molecule has 1 atom stereocenters. The summed E-state index contributed by atoms with van der Waals surface area (Å²) in [6.07, 6.45) is 0.327. The van der Waals surface area contributed by atoms with Crippen molar-refractivity contribution < 1.29 is 28.3 Å². The molecule has 9 heteroatoms. The van der Waals surface area contributed by atoms with E-state index in [1.165, 1.54) is 0 Å². The van der Waals surface area contributed by atoms with Crippen molar-refractivity contribution in [2.75, 3.05) is 27.6 Å². The molecule has 0 bridgehead atoms. The van der Waals surface area contributed by atoms with E-state index in [2.05, 4.69) is 10.1 Å². The fourth-order valence-corrected chi connectivity index (χ4v) is 3.80. The summed E-state index contributed by atoms with van der Waals surface area (Å²) in [5, 5.41) is 4.10. The van der Waals surface area contributed by atoms with Crippen molar-refractivity contribution in [2.24, 2.45) is 0 Å². The van der Waals surface area contributed by atoms with Gasteiger partial charge in [0.25, 0.3) is 0 Å². The van der Waals surface area contributed by atoms with Crippen LogP contribution >= 0.6 is 0 Å². The quantitative estimate of drug-likeness (QED) is 0.597. The number of aromatic nitrogens is 2. The molecule has 1 saturated heterocycles. The first-order chi connectivity index (χ1) is 15.1. The van der Waals surface area contributed by atoms with Crippen molar-refractivity contribution in [1.82, 2.24) is 15.0 Å². The monoisotopic (exact) mass is 423 g/mol. The summed E-state index contributed by atoms with van der Waals surface area (Å²) in [7, 11) is 3.16. The Morgan fingerprint density at radius 2 is 1.84 bits per heavy atom. The molecule has 0 saturated carbocycles. The first-order valence-electron chi connectivity index (χ1n) is 9.86. The molecule has 31 heavy (non-hydrogen) atoms. The summed E-state index contributed by atoms with van der Waals surface area (Å²) in [5.74, 6) is 3.45. The number of hydrogen-bond acceptors (Lipinski definition) is 8. The van der Waals surface area contributed by atoms with E-state index >= 15 is 0 Å². The van der Waals surface area contributed by atoms with Gasteiger partial charge in [0.1, 0.15) is 11.5 Å². The number of rotatable bonds is 6. The Morgan fingerprint density at radius 3 is 2.61 bits per heavy atom. The lowest BCUT2D eigenvalue weighted by Crippen LogP contribution is -2.24. The lowest BCUT2D eigenvalue weighted by Gasteiger charge is -2.16. The summed E-state index contributed by atoms with van der Waals surface area (Å²) < 4.78 is 26.9. The van der Waals surface area contributed by atoms with E-state index < -0.39 is 0 Å². The fraction of sp³-hybridized carbons (Fsp3) is 0.318. The molecule has 0 N–H and O–H groups in total. The van der Waals surface area contributed by atoms with Gasteiger partial charge in [0.2, 0.25) is 24.4 Å². The van der Waals surface area contributed by atoms with Crippen LogP contribution in [0.15, 0.2) is 40.9 Å². The molecule has 2 aromatic carbocycles. The van der Waals surface area contributed by atoms with E-state index in [1.54, 1.807) is 25.2 Å². The summed E-state index contributed by atoms with van der Waals surface area (Å²) in [4.78, 5) is 18.9. The predicted molar refractivity (Wildman–Crippen MR) is 108 cm³/mol. The number of hydrogen-bond donors (Lipinski definition) is 0. The zero-order chi connectivity index (χ0) is 21.4. The van der Waals surface area contributed by atoms with Gasteiger partial charge in [0, 0.05) is 31.1 Å². The standard InChI is InChI=1S/C22H21N3O6/c1-27-16-6-14(7-17(9-16)28-2)21-23-22(31-24-21)15-8-20(26)25(11-15)10-13-3-4-18-19(5-13)30-12-29-18/h3-7,9,15H,8,10-12H2,1-2H3. The molecule has 0 radical (unpaired) electrons. The molecular weight excluding hydrogens is 402 g/mol. The second-order valence-corrected chi connectivity index (χ2v) is 7.42. The van der Waals surface area contributed by atoms with Crippen LogP contribution in [-0.2, 0) is 11.3 Å². The van der Waals surface area contributed by atoms with Crippen molar-refractivity contribution in [2.45, 2.75) is 18.9 Å². The van der Waals surface area contributed by atoms with E-state index in [0.717, 1.165) is 11.3 Å². The molecular formula is C22H21N3O6. The molecule has 0 spiro atoms. The zero-order valence-corrected chi connectivity index (χ0v) is 17.2. The van der Waals surface area contributed by atoms with Gasteiger partial charge in [-0.1, -0.05) is 11.2 Å². The maximum atomic E-state index is 12.6. The van der Waals surface area contributed by atoms with Gasteiger partial charge in [-0.25, -0.2) is 0 Å². The SMILES string of the molecule is COc1cc(OC)cc(-c2noc(C3CC(=O)N(Cc4ccc5c(c4)OCO5)C3)n2)c1. The first kappa shape index (κ1) is 19.2. The van der Waals surface area contributed by atoms with Crippen LogP contribution in [-0.4, -0.2) is 48.5 Å². The van der Waals surface area contributed by atoms with Crippen LogP contribution in [0.3, 0.4) is 0 Å². The minimum atomic E-state index is -0.157. The van der Waals surface area contributed by atoms with E-state index in [-0.39, 0.29) is 18.6 Å². The smallest absolute Gasteiger partial charge is 0.232 e. The molecule has 1 unspecified atom stereocenters. The number of carbonyl (C=O) groups is 1. The van der Waals surface area contributed by atoms with Crippen molar-refractivity contribution in [1.29, 1.82) is 0 Å².